The largest absolute Gasteiger partial charge is 0.379 e. The van der Waals surface area contributed by atoms with Gasteiger partial charge in [-0.15, -0.1) is 11.3 Å². The SMILES string of the molecule is N#Cc1ccc(NC(=O)N(CCN2CCOCC2)CC(=O)N(Cc2ccccc2)Cc2cccs2)cc1. The van der Waals surface area contributed by atoms with Crippen molar-refractivity contribution in [1.29, 1.82) is 5.26 Å². The molecule has 0 unspecified atom stereocenters. The Bertz CT molecular complexity index is 1170. The van der Waals surface area contributed by atoms with Gasteiger partial charge in [0, 0.05) is 43.3 Å². The van der Waals surface area contributed by atoms with E-state index in [1.165, 1.54) is 0 Å². The highest BCUT2D eigenvalue weighted by atomic mass is 32.1. The molecule has 3 amide bonds. The molecule has 0 atom stereocenters. The lowest BCUT2D eigenvalue weighted by atomic mass is 10.2. The Morgan fingerprint density at radius 1 is 0.973 bits per heavy atom. The number of ether oxygens (including phenoxy) is 1. The topological polar surface area (TPSA) is 88.9 Å². The van der Waals surface area contributed by atoms with Crippen molar-refractivity contribution in [2.24, 2.45) is 0 Å². The van der Waals surface area contributed by atoms with Crippen LogP contribution in [0.2, 0.25) is 0 Å². The average molecular weight is 518 g/mol. The summed E-state index contributed by atoms with van der Waals surface area (Å²) in [6.45, 7) is 4.92. The molecule has 37 heavy (non-hydrogen) atoms. The van der Waals surface area contributed by atoms with Gasteiger partial charge in [0.05, 0.1) is 31.4 Å². The molecule has 1 saturated heterocycles. The number of amides is 3. The molecular formula is C28H31N5O3S. The quantitative estimate of drug-likeness (QED) is 0.439. The third kappa shape index (κ3) is 8.15. The summed E-state index contributed by atoms with van der Waals surface area (Å²) in [5, 5.41) is 13.9. The fourth-order valence-electron chi connectivity index (χ4n) is 4.06. The normalized spacial score (nSPS) is 13.5. The van der Waals surface area contributed by atoms with Crippen molar-refractivity contribution in [3.05, 3.63) is 88.1 Å². The molecule has 0 bridgehead atoms. The zero-order chi connectivity index (χ0) is 25.9. The van der Waals surface area contributed by atoms with E-state index < -0.39 is 0 Å². The molecule has 1 N–H and O–H groups in total. The highest BCUT2D eigenvalue weighted by Gasteiger charge is 2.23. The molecule has 2 heterocycles. The Hall–Kier alpha value is -3.71. The van der Waals surface area contributed by atoms with Gasteiger partial charge in [0.1, 0.15) is 6.54 Å². The molecule has 0 aliphatic carbocycles. The first-order valence-electron chi connectivity index (χ1n) is 12.3. The van der Waals surface area contributed by atoms with Crippen LogP contribution in [0, 0.1) is 11.3 Å². The van der Waals surface area contributed by atoms with Gasteiger partial charge in [-0.2, -0.15) is 5.26 Å². The van der Waals surface area contributed by atoms with Gasteiger partial charge >= 0.3 is 6.03 Å². The van der Waals surface area contributed by atoms with Crippen molar-refractivity contribution in [1.82, 2.24) is 14.7 Å². The molecule has 9 heteroatoms. The van der Waals surface area contributed by atoms with E-state index in [2.05, 4.69) is 16.3 Å². The number of benzene rings is 2. The number of morpholine rings is 1. The van der Waals surface area contributed by atoms with E-state index >= 15 is 0 Å². The maximum atomic E-state index is 13.6. The lowest BCUT2D eigenvalue weighted by Crippen LogP contribution is -2.48. The van der Waals surface area contributed by atoms with Gasteiger partial charge in [0.25, 0.3) is 0 Å². The molecule has 1 aromatic heterocycles. The Balaban J connectivity index is 1.48. The van der Waals surface area contributed by atoms with E-state index in [1.54, 1.807) is 45.4 Å². The number of anilines is 1. The first kappa shape index (κ1) is 26.4. The van der Waals surface area contributed by atoms with Crippen LogP contribution in [-0.2, 0) is 22.6 Å². The number of nitrogens with one attached hydrogen (secondary N) is 1. The van der Waals surface area contributed by atoms with E-state index in [0.29, 0.717) is 50.6 Å². The summed E-state index contributed by atoms with van der Waals surface area (Å²) in [6.07, 6.45) is 0. The summed E-state index contributed by atoms with van der Waals surface area (Å²) in [7, 11) is 0. The molecule has 0 saturated carbocycles. The monoisotopic (exact) mass is 517 g/mol. The maximum absolute atomic E-state index is 13.6. The molecule has 3 aromatic rings. The molecule has 192 valence electrons. The maximum Gasteiger partial charge on any atom is 0.322 e. The fraction of sp³-hybridized carbons (Fsp3) is 0.321. The molecule has 8 nitrogen and oxygen atoms in total. The number of rotatable bonds is 10. The number of carbonyl (C=O) groups is 2. The average Bonchev–Trinajstić information content (AvgIpc) is 3.45. The van der Waals surface area contributed by atoms with Crippen molar-refractivity contribution < 1.29 is 14.3 Å². The van der Waals surface area contributed by atoms with Crippen LogP contribution in [0.4, 0.5) is 10.5 Å². The van der Waals surface area contributed by atoms with Crippen LogP contribution in [0.25, 0.3) is 0 Å². The van der Waals surface area contributed by atoms with E-state index in [4.69, 9.17) is 10.00 Å². The number of thiophene rings is 1. The van der Waals surface area contributed by atoms with Crippen molar-refractivity contribution in [2.45, 2.75) is 13.1 Å². The van der Waals surface area contributed by atoms with Crippen LogP contribution in [0.15, 0.2) is 72.1 Å². The molecule has 0 spiro atoms. The minimum absolute atomic E-state index is 0.0370. The van der Waals surface area contributed by atoms with Gasteiger partial charge in [-0.05, 0) is 41.3 Å². The summed E-state index contributed by atoms with van der Waals surface area (Å²) in [5.41, 5.74) is 2.13. The Morgan fingerprint density at radius 2 is 1.73 bits per heavy atom. The summed E-state index contributed by atoms with van der Waals surface area (Å²) in [4.78, 5) is 33.6. The van der Waals surface area contributed by atoms with Crippen LogP contribution in [0.5, 0.6) is 0 Å². The summed E-state index contributed by atoms with van der Waals surface area (Å²) < 4.78 is 5.44. The predicted octanol–water partition coefficient (Wildman–Crippen LogP) is 4.01. The molecule has 1 fully saturated rings. The standard InChI is InChI=1S/C28H31N5O3S/c29-19-23-8-10-25(11-9-23)30-28(35)32(13-12-31-14-16-36-17-15-31)22-27(34)33(21-26-7-4-18-37-26)20-24-5-2-1-3-6-24/h1-11,18H,12-17,20-22H2,(H,30,35). The van der Waals surface area contributed by atoms with Crippen molar-refractivity contribution >= 4 is 29.0 Å². The summed E-state index contributed by atoms with van der Waals surface area (Å²) in [5.74, 6) is -0.116. The minimum atomic E-state index is -0.345. The number of carbonyl (C=O) groups excluding carboxylic acids is 2. The van der Waals surface area contributed by atoms with Crippen molar-refractivity contribution in [3.8, 4) is 6.07 Å². The molecular weight excluding hydrogens is 486 g/mol. The number of urea groups is 1. The van der Waals surface area contributed by atoms with E-state index in [-0.39, 0.29) is 18.5 Å². The molecule has 1 aliphatic rings. The van der Waals surface area contributed by atoms with E-state index in [9.17, 15) is 9.59 Å². The zero-order valence-electron chi connectivity index (χ0n) is 20.7. The third-order valence-electron chi connectivity index (χ3n) is 6.16. The smallest absolute Gasteiger partial charge is 0.322 e. The van der Waals surface area contributed by atoms with E-state index in [0.717, 1.165) is 23.5 Å². The van der Waals surface area contributed by atoms with Gasteiger partial charge in [-0.25, -0.2) is 4.79 Å². The van der Waals surface area contributed by atoms with Crippen LogP contribution in [0.3, 0.4) is 0 Å². The number of hydrogen-bond acceptors (Lipinski definition) is 6. The predicted molar refractivity (Wildman–Crippen MR) is 144 cm³/mol. The second-order valence-corrected chi connectivity index (χ2v) is 9.84. The van der Waals surface area contributed by atoms with Gasteiger partial charge in [-0.1, -0.05) is 36.4 Å². The second kappa shape index (κ2) is 13.6. The number of nitrogens with zero attached hydrogens (tertiary/aromatic N) is 4. The lowest BCUT2D eigenvalue weighted by molar-refractivity contribution is -0.133. The molecule has 2 aromatic carbocycles. The third-order valence-corrected chi connectivity index (χ3v) is 7.03. The van der Waals surface area contributed by atoms with Crippen molar-refractivity contribution in [3.63, 3.8) is 0 Å². The van der Waals surface area contributed by atoms with Crippen LogP contribution in [-0.4, -0.2) is 72.6 Å². The van der Waals surface area contributed by atoms with Gasteiger partial charge in [0.15, 0.2) is 0 Å². The molecule has 1 aliphatic heterocycles. The highest BCUT2D eigenvalue weighted by molar-refractivity contribution is 7.09. The van der Waals surface area contributed by atoms with Gasteiger partial charge in [0.2, 0.25) is 5.91 Å². The molecule has 0 radical (unpaired) electrons. The van der Waals surface area contributed by atoms with E-state index in [1.807, 2.05) is 47.8 Å². The van der Waals surface area contributed by atoms with Crippen LogP contribution < -0.4 is 5.32 Å². The first-order chi connectivity index (χ1) is 18.1. The Kier molecular flexibility index (Phi) is 9.66. The summed E-state index contributed by atoms with van der Waals surface area (Å²) >= 11 is 1.61. The van der Waals surface area contributed by atoms with Gasteiger partial charge < -0.3 is 19.9 Å². The molecule has 4 rings (SSSR count). The first-order valence-corrected chi connectivity index (χ1v) is 13.2. The fourth-order valence-corrected chi connectivity index (χ4v) is 4.78. The number of hydrogen-bond donors (Lipinski definition) is 1. The Morgan fingerprint density at radius 3 is 2.41 bits per heavy atom. The minimum Gasteiger partial charge on any atom is -0.379 e. The van der Waals surface area contributed by atoms with Crippen molar-refractivity contribution in [2.75, 3.05) is 51.3 Å². The lowest BCUT2D eigenvalue weighted by Gasteiger charge is -2.31. The summed E-state index contributed by atoms with van der Waals surface area (Å²) in [6, 6.07) is 22.3. The second-order valence-electron chi connectivity index (χ2n) is 8.81. The Labute approximate surface area is 221 Å². The highest BCUT2D eigenvalue weighted by Crippen LogP contribution is 2.16. The number of nitriles is 1. The van der Waals surface area contributed by atoms with Crippen LogP contribution >= 0.6 is 11.3 Å². The van der Waals surface area contributed by atoms with Gasteiger partial charge in [-0.3, -0.25) is 9.69 Å². The zero-order valence-corrected chi connectivity index (χ0v) is 21.5. The van der Waals surface area contributed by atoms with Crippen LogP contribution in [0.1, 0.15) is 16.0 Å².